The second kappa shape index (κ2) is 5.35. The lowest BCUT2D eigenvalue weighted by molar-refractivity contribution is 0.0103. The molecular weight excluding hydrogens is 234 g/mol. The predicted molar refractivity (Wildman–Crippen MR) is 67.3 cm³/mol. The molecular formula is C15H20F2O. The van der Waals surface area contributed by atoms with Crippen LogP contribution >= 0.6 is 0 Å². The molecule has 0 heterocycles. The molecule has 1 aromatic carbocycles. The van der Waals surface area contributed by atoms with Crippen LogP contribution < -0.4 is 0 Å². The number of hydrogen-bond donors (Lipinski definition) is 1. The van der Waals surface area contributed by atoms with Crippen LogP contribution in [0.4, 0.5) is 8.78 Å². The molecule has 0 saturated heterocycles. The van der Waals surface area contributed by atoms with Crippen molar-refractivity contribution in [1.29, 1.82) is 0 Å². The molecule has 0 spiro atoms. The van der Waals surface area contributed by atoms with Crippen LogP contribution in [0.3, 0.4) is 0 Å². The Morgan fingerprint density at radius 1 is 1.17 bits per heavy atom. The Hall–Kier alpha value is -0.960. The molecule has 1 aromatic rings. The summed E-state index contributed by atoms with van der Waals surface area (Å²) in [5.74, 6) is -1.68. The number of rotatable bonds is 3. The van der Waals surface area contributed by atoms with Crippen LogP contribution in [0.2, 0.25) is 0 Å². The van der Waals surface area contributed by atoms with Gasteiger partial charge >= 0.3 is 0 Å². The molecule has 1 saturated carbocycles. The topological polar surface area (TPSA) is 20.2 Å². The van der Waals surface area contributed by atoms with E-state index in [2.05, 4.69) is 6.92 Å². The maximum absolute atomic E-state index is 13.1. The van der Waals surface area contributed by atoms with Crippen molar-refractivity contribution in [1.82, 2.24) is 0 Å². The maximum Gasteiger partial charge on any atom is 0.159 e. The van der Waals surface area contributed by atoms with Gasteiger partial charge in [0.2, 0.25) is 0 Å². The van der Waals surface area contributed by atoms with Crippen molar-refractivity contribution in [2.75, 3.05) is 0 Å². The lowest BCUT2D eigenvalue weighted by Crippen LogP contribution is -2.35. The van der Waals surface area contributed by atoms with Gasteiger partial charge in [-0.1, -0.05) is 32.3 Å². The van der Waals surface area contributed by atoms with Gasteiger partial charge in [0.1, 0.15) is 0 Å². The van der Waals surface area contributed by atoms with E-state index in [1.807, 2.05) is 0 Å². The molecule has 1 atom stereocenters. The van der Waals surface area contributed by atoms with Gasteiger partial charge in [0, 0.05) is 0 Å². The molecule has 0 aliphatic heterocycles. The minimum Gasteiger partial charge on any atom is -0.392 e. The third kappa shape index (κ3) is 2.89. The zero-order chi connectivity index (χ0) is 13.2. The van der Waals surface area contributed by atoms with Crippen LogP contribution in [0.15, 0.2) is 18.2 Å². The van der Waals surface area contributed by atoms with E-state index in [-0.39, 0.29) is 5.41 Å². The van der Waals surface area contributed by atoms with Gasteiger partial charge in [-0.15, -0.1) is 0 Å². The van der Waals surface area contributed by atoms with Gasteiger partial charge in [0.25, 0.3) is 0 Å². The van der Waals surface area contributed by atoms with E-state index in [0.29, 0.717) is 12.0 Å². The monoisotopic (exact) mass is 254 g/mol. The molecule has 0 bridgehead atoms. The van der Waals surface area contributed by atoms with Crippen LogP contribution in [0.25, 0.3) is 0 Å². The molecule has 0 radical (unpaired) electrons. The van der Waals surface area contributed by atoms with E-state index in [1.54, 1.807) is 6.07 Å². The van der Waals surface area contributed by atoms with Gasteiger partial charge in [0.05, 0.1) is 6.10 Å². The van der Waals surface area contributed by atoms with Crippen molar-refractivity contribution >= 4 is 0 Å². The molecule has 1 aliphatic carbocycles. The van der Waals surface area contributed by atoms with Gasteiger partial charge in [-0.3, -0.25) is 0 Å². The summed E-state index contributed by atoms with van der Waals surface area (Å²) in [6.45, 7) is 2.09. The molecule has 100 valence electrons. The first kappa shape index (κ1) is 13.5. The van der Waals surface area contributed by atoms with Gasteiger partial charge < -0.3 is 5.11 Å². The Labute approximate surface area is 107 Å². The second-order valence-corrected chi connectivity index (χ2v) is 5.68. The molecule has 1 nitrogen and oxygen atoms in total. The summed E-state index contributed by atoms with van der Waals surface area (Å²) in [5, 5.41) is 10.3. The highest BCUT2D eigenvalue weighted by Gasteiger charge is 2.34. The summed E-state index contributed by atoms with van der Waals surface area (Å²) >= 11 is 0. The minimum atomic E-state index is -0.839. The Morgan fingerprint density at radius 3 is 2.44 bits per heavy atom. The smallest absolute Gasteiger partial charge is 0.159 e. The first-order chi connectivity index (χ1) is 8.51. The Bertz CT molecular complexity index is 411. The molecule has 1 fully saturated rings. The zero-order valence-corrected chi connectivity index (χ0v) is 10.8. The summed E-state index contributed by atoms with van der Waals surface area (Å²) < 4.78 is 25.9. The van der Waals surface area contributed by atoms with Gasteiger partial charge in [-0.2, -0.15) is 0 Å². The average Bonchev–Trinajstić information content (AvgIpc) is 2.35. The number of hydrogen-bond acceptors (Lipinski definition) is 1. The molecule has 0 aromatic heterocycles. The number of aliphatic hydroxyl groups is 1. The molecule has 1 aliphatic rings. The van der Waals surface area contributed by atoms with Crippen LogP contribution in [-0.2, 0) is 6.42 Å². The summed E-state index contributed by atoms with van der Waals surface area (Å²) in [4.78, 5) is 0. The highest BCUT2D eigenvalue weighted by atomic mass is 19.2. The average molecular weight is 254 g/mol. The van der Waals surface area contributed by atoms with Crippen LogP contribution in [0, 0.1) is 17.0 Å². The molecule has 2 rings (SSSR count). The standard InChI is InChI=1S/C15H20F2O/c1-15(7-3-2-4-8-15)14(18)10-11-5-6-12(16)13(17)9-11/h5-6,9,14,18H,2-4,7-8,10H2,1H3. The fourth-order valence-corrected chi connectivity index (χ4v) is 2.83. The number of benzene rings is 1. The lowest BCUT2D eigenvalue weighted by Gasteiger charge is -2.38. The van der Waals surface area contributed by atoms with E-state index >= 15 is 0 Å². The summed E-state index contributed by atoms with van der Waals surface area (Å²) in [6, 6.07) is 3.86. The van der Waals surface area contributed by atoms with Crippen molar-refractivity contribution in [3.63, 3.8) is 0 Å². The minimum absolute atomic E-state index is 0.0802. The largest absolute Gasteiger partial charge is 0.392 e. The second-order valence-electron chi connectivity index (χ2n) is 5.68. The lowest BCUT2D eigenvalue weighted by atomic mass is 9.70. The Kier molecular flexibility index (Phi) is 4.00. The quantitative estimate of drug-likeness (QED) is 0.869. The van der Waals surface area contributed by atoms with Crippen LogP contribution in [-0.4, -0.2) is 11.2 Å². The van der Waals surface area contributed by atoms with E-state index < -0.39 is 17.7 Å². The molecule has 1 N–H and O–H groups in total. The number of aliphatic hydroxyl groups excluding tert-OH is 1. The fourth-order valence-electron chi connectivity index (χ4n) is 2.83. The first-order valence-electron chi connectivity index (χ1n) is 6.63. The fraction of sp³-hybridized carbons (Fsp3) is 0.600. The van der Waals surface area contributed by atoms with E-state index in [9.17, 15) is 13.9 Å². The zero-order valence-electron chi connectivity index (χ0n) is 10.8. The first-order valence-corrected chi connectivity index (χ1v) is 6.63. The van der Waals surface area contributed by atoms with E-state index in [4.69, 9.17) is 0 Å². The predicted octanol–water partition coefficient (Wildman–Crippen LogP) is 3.84. The third-order valence-electron chi connectivity index (χ3n) is 4.21. The van der Waals surface area contributed by atoms with Crippen molar-refractivity contribution in [2.24, 2.45) is 5.41 Å². The summed E-state index contributed by atoms with van der Waals surface area (Å²) in [7, 11) is 0. The SMILES string of the molecule is CC1(C(O)Cc2ccc(F)c(F)c2)CCCCC1. The summed E-state index contributed by atoms with van der Waals surface area (Å²) in [6.07, 6.45) is 5.45. The molecule has 1 unspecified atom stereocenters. The maximum atomic E-state index is 13.1. The molecule has 3 heteroatoms. The number of halogens is 2. The van der Waals surface area contributed by atoms with Crippen LogP contribution in [0.5, 0.6) is 0 Å². The van der Waals surface area contributed by atoms with Crippen LogP contribution in [0.1, 0.15) is 44.6 Å². The third-order valence-corrected chi connectivity index (χ3v) is 4.21. The Balaban J connectivity index is 2.05. The van der Waals surface area contributed by atoms with E-state index in [1.165, 1.54) is 12.5 Å². The van der Waals surface area contributed by atoms with E-state index in [0.717, 1.165) is 31.7 Å². The summed E-state index contributed by atoms with van der Waals surface area (Å²) in [5.41, 5.74) is 0.580. The highest BCUT2D eigenvalue weighted by Crippen LogP contribution is 2.39. The molecule has 18 heavy (non-hydrogen) atoms. The van der Waals surface area contributed by atoms with Crippen molar-refractivity contribution < 1.29 is 13.9 Å². The van der Waals surface area contributed by atoms with Crippen molar-refractivity contribution in [3.05, 3.63) is 35.4 Å². The van der Waals surface area contributed by atoms with Gasteiger partial charge in [-0.25, -0.2) is 8.78 Å². The molecule has 0 amide bonds. The normalized spacial score (nSPS) is 20.7. The highest BCUT2D eigenvalue weighted by molar-refractivity contribution is 5.19. The van der Waals surface area contributed by atoms with Gasteiger partial charge in [0.15, 0.2) is 11.6 Å². The van der Waals surface area contributed by atoms with Gasteiger partial charge in [-0.05, 0) is 42.4 Å². The van der Waals surface area contributed by atoms with Crippen molar-refractivity contribution in [2.45, 2.75) is 51.6 Å². The van der Waals surface area contributed by atoms with Crippen molar-refractivity contribution in [3.8, 4) is 0 Å². The Morgan fingerprint density at radius 2 is 1.83 bits per heavy atom.